The van der Waals surface area contributed by atoms with E-state index in [0.717, 1.165) is 67.8 Å². The lowest BCUT2D eigenvalue weighted by molar-refractivity contribution is 0.0384. The van der Waals surface area contributed by atoms with E-state index in [4.69, 9.17) is 9.72 Å². The van der Waals surface area contributed by atoms with Crippen molar-refractivity contribution in [2.45, 2.75) is 13.0 Å². The number of aromatic nitrogens is 3. The number of hydrogen-bond donors (Lipinski definition) is 1. The molecule has 0 unspecified atom stereocenters. The second-order valence-corrected chi connectivity index (χ2v) is 7.73. The number of nitrogens with one attached hydrogen (secondary N) is 1. The third-order valence-corrected chi connectivity index (χ3v) is 5.62. The quantitative estimate of drug-likeness (QED) is 0.680. The van der Waals surface area contributed by atoms with Gasteiger partial charge in [-0.3, -0.25) is 9.58 Å². The molecule has 3 heterocycles. The number of aryl methyl sites for hydroxylation is 1. The molecule has 1 fully saturated rings. The van der Waals surface area contributed by atoms with Crippen molar-refractivity contribution in [2.24, 2.45) is 7.05 Å². The van der Waals surface area contributed by atoms with Crippen LogP contribution in [0.3, 0.4) is 0 Å². The van der Waals surface area contributed by atoms with E-state index in [1.807, 2.05) is 19.4 Å². The highest BCUT2D eigenvalue weighted by molar-refractivity contribution is 7.09. The van der Waals surface area contributed by atoms with Crippen molar-refractivity contribution in [3.8, 4) is 11.3 Å². The second kappa shape index (κ2) is 8.65. The van der Waals surface area contributed by atoms with Crippen molar-refractivity contribution >= 4 is 17.0 Å². The number of rotatable bonds is 7. The van der Waals surface area contributed by atoms with Gasteiger partial charge in [0.25, 0.3) is 0 Å². The van der Waals surface area contributed by atoms with Gasteiger partial charge in [-0.25, -0.2) is 4.98 Å². The van der Waals surface area contributed by atoms with Crippen LogP contribution in [0.1, 0.15) is 10.6 Å². The Bertz CT molecular complexity index is 851. The minimum atomic E-state index is 0.734. The van der Waals surface area contributed by atoms with Crippen molar-refractivity contribution in [3.63, 3.8) is 0 Å². The number of thiazole rings is 1. The number of hydrogen-bond acceptors (Lipinski definition) is 6. The Labute approximate surface area is 163 Å². The summed E-state index contributed by atoms with van der Waals surface area (Å²) in [5, 5.41) is 10.8. The van der Waals surface area contributed by atoms with Crippen molar-refractivity contribution < 1.29 is 4.74 Å². The Kier molecular flexibility index (Phi) is 5.81. The van der Waals surface area contributed by atoms with E-state index in [2.05, 4.69) is 45.0 Å². The maximum absolute atomic E-state index is 5.40. The Morgan fingerprint density at radius 1 is 1.19 bits per heavy atom. The molecule has 1 aliphatic heterocycles. The first-order valence-corrected chi connectivity index (χ1v) is 10.2. The van der Waals surface area contributed by atoms with E-state index in [9.17, 15) is 0 Å². The third kappa shape index (κ3) is 4.94. The molecule has 0 bridgehead atoms. The molecule has 0 radical (unpaired) electrons. The van der Waals surface area contributed by atoms with Crippen LogP contribution in [0.5, 0.6) is 0 Å². The van der Waals surface area contributed by atoms with Gasteiger partial charge in [0.15, 0.2) is 0 Å². The maximum Gasteiger partial charge on any atom is 0.112 e. The van der Waals surface area contributed by atoms with Crippen LogP contribution in [0.15, 0.2) is 42.0 Å². The standard InChI is InChI=1S/C20H25N5OS/c1-24-14-17(12-22-24)19-15-27-20(23-19)13-21-18-4-2-16(3-5-18)6-7-25-8-10-26-11-9-25/h2-5,12,14-15,21H,6-11,13H2,1H3. The molecule has 3 aromatic rings. The van der Waals surface area contributed by atoms with E-state index >= 15 is 0 Å². The van der Waals surface area contributed by atoms with Crippen LogP contribution in [-0.4, -0.2) is 52.5 Å². The van der Waals surface area contributed by atoms with E-state index in [-0.39, 0.29) is 0 Å². The minimum absolute atomic E-state index is 0.734. The van der Waals surface area contributed by atoms with Gasteiger partial charge in [-0.05, 0) is 24.1 Å². The number of ether oxygens (including phenoxy) is 1. The first-order valence-electron chi connectivity index (χ1n) is 9.32. The van der Waals surface area contributed by atoms with Gasteiger partial charge in [-0.1, -0.05) is 12.1 Å². The fraction of sp³-hybridized carbons (Fsp3) is 0.400. The van der Waals surface area contributed by atoms with E-state index in [0.29, 0.717) is 0 Å². The number of morpholine rings is 1. The van der Waals surface area contributed by atoms with Gasteiger partial charge in [0, 0.05) is 49.5 Å². The topological polar surface area (TPSA) is 55.2 Å². The maximum atomic E-state index is 5.40. The highest BCUT2D eigenvalue weighted by Gasteiger charge is 2.10. The SMILES string of the molecule is Cn1cc(-c2csc(CNc3ccc(CCN4CCOCC4)cc3)n2)cn1. The molecular weight excluding hydrogens is 358 g/mol. The molecule has 6 nitrogen and oxygen atoms in total. The largest absolute Gasteiger partial charge is 0.379 e. The van der Waals surface area contributed by atoms with Crippen LogP contribution >= 0.6 is 11.3 Å². The van der Waals surface area contributed by atoms with Crippen LogP contribution in [0.2, 0.25) is 0 Å². The zero-order chi connectivity index (χ0) is 18.5. The second-order valence-electron chi connectivity index (χ2n) is 6.78. The average molecular weight is 384 g/mol. The summed E-state index contributed by atoms with van der Waals surface area (Å²) in [5.41, 5.74) is 4.55. The summed E-state index contributed by atoms with van der Waals surface area (Å²) >= 11 is 1.67. The van der Waals surface area contributed by atoms with E-state index in [1.165, 1.54) is 5.56 Å². The molecule has 0 saturated carbocycles. The van der Waals surface area contributed by atoms with Crippen molar-refractivity contribution in [3.05, 3.63) is 52.6 Å². The summed E-state index contributed by atoms with van der Waals surface area (Å²) in [4.78, 5) is 7.16. The summed E-state index contributed by atoms with van der Waals surface area (Å²) < 4.78 is 7.20. The lowest BCUT2D eigenvalue weighted by atomic mass is 10.1. The fourth-order valence-corrected chi connectivity index (χ4v) is 3.90. The van der Waals surface area contributed by atoms with Gasteiger partial charge in [-0.2, -0.15) is 5.10 Å². The predicted octanol–water partition coefficient (Wildman–Crippen LogP) is 3.03. The Balaban J connectivity index is 1.27. The lowest BCUT2D eigenvalue weighted by Crippen LogP contribution is -2.37. The molecule has 0 spiro atoms. The highest BCUT2D eigenvalue weighted by atomic mass is 32.1. The molecule has 0 atom stereocenters. The first kappa shape index (κ1) is 18.2. The lowest BCUT2D eigenvalue weighted by Gasteiger charge is -2.26. The molecule has 1 aromatic carbocycles. The molecule has 0 amide bonds. The fourth-order valence-electron chi connectivity index (χ4n) is 3.16. The molecule has 2 aromatic heterocycles. The minimum Gasteiger partial charge on any atom is -0.379 e. The van der Waals surface area contributed by atoms with Crippen molar-refractivity contribution in [1.82, 2.24) is 19.7 Å². The Hall–Kier alpha value is -2.22. The zero-order valence-electron chi connectivity index (χ0n) is 15.6. The molecule has 142 valence electrons. The van der Waals surface area contributed by atoms with Crippen LogP contribution in [0, 0.1) is 0 Å². The van der Waals surface area contributed by atoms with Crippen LogP contribution in [-0.2, 0) is 24.8 Å². The first-order chi connectivity index (χ1) is 13.3. The molecule has 0 aliphatic carbocycles. The van der Waals surface area contributed by atoms with Gasteiger partial charge >= 0.3 is 0 Å². The molecule has 1 N–H and O–H groups in total. The summed E-state index contributed by atoms with van der Waals surface area (Å²) in [6, 6.07) is 8.74. The third-order valence-electron chi connectivity index (χ3n) is 4.77. The number of nitrogens with zero attached hydrogens (tertiary/aromatic N) is 4. The van der Waals surface area contributed by atoms with Crippen molar-refractivity contribution in [1.29, 1.82) is 0 Å². The van der Waals surface area contributed by atoms with Gasteiger partial charge in [0.2, 0.25) is 0 Å². The number of benzene rings is 1. The number of anilines is 1. The van der Waals surface area contributed by atoms with Crippen LogP contribution < -0.4 is 5.32 Å². The summed E-state index contributed by atoms with van der Waals surface area (Å²) in [6.07, 6.45) is 4.92. The molecular formula is C20H25N5OS. The smallest absolute Gasteiger partial charge is 0.112 e. The van der Waals surface area contributed by atoms with Gasteiger partial charge in [-0.15, -0.1) is 11.3 Å². The zero-order valence-corrected chi connectivity index (χ0v) is 16.4. The van der Waals surface area contributed by atoms with Crippen LogP contribution in [0.4, 0.5) is 5.69 Å². The van der Waals surface area contributed by atoms with Gasteiger partial charge in [0.1, 0.15) is 5.01 Å². The van der Waals surface area contributed by atoms with Crippen LogP contribution in [0.25, 0.3) is 11.3 Å². The van der Waals surface area contributed by atoms with E-state index < -0.39 is 0 Å². The molecule has 1 aliphatic rings. The molecule has 1 saturated heterocycles. The predicted molar refractivity (Wildman–Crippen MR) is 109 cm³/mol. The normalized spacial score (nSPS) is 15.1. The Morgan fingerprint density at radius 2 is 2.00 bits per heavy atom. The molecule has 27 heavy (non-hydrogen) atoms. The summed E-state index contributed by atoms with van der Waals surface area (Å²) in [5.74, 6) is 0. The highest BCUT2D eigenvalue weighted by Crippen LogP contribution is 2.22. The molecule has 7 heteroatoms. The summed E-state index contributed by atoms with van der Waals surface area (Å²) in [7, 11) is 1.92. The van der Waals surface area contributed by atoms with E-state index in [1.54, 1.807) is 16.0 Å². The summed E-state index contributed by atoms with van der Waals surface area (Å²) in [6.45, 7) is 5.66. The molecule has 4 rings (SSSR count). The Morgan fingerprint density at radius 3 is 2.74 bits per heavy atom. The van der Waals surface area contributed by atoms with Crippen molar-refractivity contribution in [2.75, 3.05) is 38.2 Å². The average Bonchev–Trinajstić information content (AvgIpc) is 3.35. The van der Waals surface area contributed by atoms with Gasteiger partial charge < -0.3 is 10.1 Å². The van der Waals surface area contributed by atoms with Gasteiger partial charge in [0.05, 0.1) is 31.6 Å². The monoisotopic (exact) mass is 383 g/mol.